The molecular weight excluding hydrogens is 323 g/mol. The Bertz CT molecular complexity index is 755. The van der Waals surface area contributed by atoms with Crippen LogP contribution in [0.3, 0.4) is 0 Å². The minimum atomic E-state index is -0.424. The van der Waals surface area contributed by atoms with Crippen LogP contribution in [0.2, 0.25) is 0 Å². The van der Waals surface area contributed by atoms with Crippen LogP contribution in [0, 0.1) is 5.82 Å². The molecule has 0 fully saturated rings. The molecule has 6 heteroatoms. The van der Waals surface area contributed by atoms with Crippen molar-refractivity contribution in [1.29, 1.82) is 0 Å². The molecule has 0 amide bonds. The summed E-state index contributed by atoms with van der Waals surface area (Å²) < 4.78 is 16.0. The van der Waals surface area contributed by atoms with E-state index in [2.05, 4.69) is 26.0 Å². The quantitative estimate of drug-likeness (QED) is 0.731. The molecule has 2 aromatic heterocycles. The van der Waals surface area contributed by atoms with E-state index in [1.54, 1.807) is 24.5 Å². The third kappa shape index (κ3) is 2.30. The molecule has 0 aliphatic carbocycles. The van der Waals surface area contributed by atoms with Gasteiger partial charge in [0.15, 0.2) is 5.82 Å². The maximum Gasteiger partial charge on any atom is 0.150 e. The Labute approximate surface area is 123 Å². The molecule has 0 aliphatic rings. The third-order valence-electron chi connectivity index (χ3n) is 2.83. The van der Waals surface area contributed by atoms with E-state index in [1.807, 2.05) is 18.2 Å². The first-order valence-corrected chi connectivity index (χ1v) is 6.66. The lowest BCUT2D eigenvalue weighted by Gasteiger charge is -2.03. The van der Waals surface area contributed by atoms with Gasteiger partial charge in [0.2, 0.25) is 0 Å². The van der Waals surface area contributed by atoms with Crippen LogP contribution in [0.1, 0.15) is 0 Å². The molecule has 0 saturated carbocycles. The highest BCUT2D eigenvalue weighted by Gasteiger charge is 2.13. The highest BCUT2D eigenvalue weighted by molar-refractivity contribution is 9.10. The van der Waals surface area contributed by atoms with Gasteiger partial charge in [-0.2, -0.15) is 5.10 Å². The fraction of sp³-hybridized carbons (Fsp3) is 0. The molecule has 2 heterocycles. The lowest BCUT2D eigenvalue weighted by Crippen LogP contribution is -1.99. The van der Waals surface area contributed by atoms with E-state index >= 15 is 0 Å². The van der Waals surface area contributed by atoms with Gasteiger partial charge in [0, 0.05) is 18.1 Å². The Morgan fingerprint density at radius 1 is 1.20 bits per heavy atom. The highest BCUT2D eigenvalue weighted by Crippen LogP contribution is 2.27. The van der Waals surface area contributed by atoms with Gasteiger partial charge < -0.3 is 5.73 Å². The van der Waals surface area contributed by atoms with Gasteiger partial charge in [-0.25, -0.2) is 9.07 Å². The predicted molar refractivity (Wildman–Crippen MR) is 78.9 cm³/mol. The first kappa shape index (κ1) is 12.8. The Morgan fingerprint density at radius 2 is 2.05 bits per heavy atom. The zero-order valence-corrected chi connectivity index (χ0v) is 11.9. The number of aromatic nitrogens is 3. The van der Waals surface area contributed by atoms with E-state index in [1.165, 1.54) is 10.7 Å². The van der Waals surface area contributed by atoms with Crippen molar-refractivity contribution in [3.63, 3.8) is 0 Å². The minimum absolute atomic E-state index is 0.335. The summed E-state index contributed by atoms with van der Waals surface area (Å²) in [5.74, 6) is -0.424. The standard InChI is InChI=1S/C14H10BrFN4/c15-14-10(12-3-1-2-6-18-12)8-20(19-14)13-5-4-9(17)7-11(13)16/h1-8H,17H2. The van der Waals surface area contributed by atoms with Gasteiger partial charge in [0.05, 0.1) is 11.3 Å². The van der Waals surface area contributed by atoms with E-state index in [0.717, 1.165) is 11.3 Å². The smallest absolute Gasteiger partial charge is 0.150 e. The first-order chi connectivity index (χ1) is 9.65. The molecule has 0 spiro atoms. The second-order valence-corrected chi connectivity index (χ2v) is 4.96. The van der Waals surface area contributed by atoms with Crippen molar-refractivity contribution in [1.82, 2.24) is 14.8 Å². The predicted octanol–water partition coefficient (Wildman–Crippen LogP) is 3.42. The summed E-state index contributed by atoms with van der Waals surface area (Å²) in [6.07, 6.45) is 3.42. The van der Waals surface area contributed by atoms with Crippen LogP contribution in [-0.2, 0) is 0 Å². The topological polar surface area (TPSA) is 56.7 Å². The molecule has 100 valence electrons. The number of rotatable bonds is 2. The Balaban J connectivity index is 2.09. The Kier molecular flexibility index (Phi) is 3.23. The molecule has 0 radical (unpaired) electrons. The van der Waals surface area contributed by atoms with Gasteiger partial charge in [-0.1, -0.05) is 6.07 Å². The zero-order valence-electron chi connectivity index (χ0n) is 10.3. The first-order valence-electron chi connectivity index (χ1n) is 5.87. The van der Waals surface area contributed by atoms with E-state index in [9.17, 15) is 4.39 Å². The number of nitrogen functional groups attached to an aromatic ring is 1. The number of halogens is 2. The lowest BCUT2D eigenvalue weighted by atomic mass is 10.2. The summed E-state index contributed by atoms with van der Waals surface area (Å²) in [5.41, 5.74) is 7.81. The van der Waals surface area contributed by atoms with E-state index in [-0.39, 0.29) is 0 Å². The Morgan fingerprint density at radius 3 is 2.75 bits per heavy atom. The number of nitrogens with zero attached hydrogens (tertiary/aromatic N) is 3. The Hall–Kier alpha value is -2.21. The average molecular weight is 333 g/mol. The van der Waals surface area contributed by atoms with Gasteiger partial charge in [0.1, 0.15) is 10.3 Å². The van der Waals surface area contributed by atoms with Crippen LogP contribution in [0.4, 0.5) is 10.1 Å². The minimum Gasteiger partial charge on any atom is -0.399 e. The fourth-order valence-electron chi connectivity index (χ4n) is 1.88. The molecule has 4 nitrogen and oxygen atoms in total. The molecule has 20 heavy (non-hydrogen) atoms. The molecule has 0 aliphatic heterocycles. The zero-order chi connectivity index (χ0) is 14.1. The van der Waals surface area contributed by atoms with Crippen molar-refractivity contribution in [3.8, 4) is 16.9 Å². The van der Waals surface area contributed by atoms with Crippen molar-refractivity contribution in [2.75, 3.05) is 5.73 Å². The van der Waals surface area contributed by atoms with Crippen molar-refractivity contribution >= 4 is 21.6 Å². The molecule has 1 aromatic carbocycles. The number of nitrogens with two attached hydrogens (primary N) is 1. The summed E-state index contributed by atoms with van der Waals surface area (Å²) in [7, 11) is 0. The summed E-state index contributed by atoms with van der Waals surface area (Å²) in [4.78, 5) is 4.26. The monoisotopic (exact) mass is 332 g/mol. The molecule has 2 N–H and O–H groups in total. The SMILES string of the molecule is Nc1ccc(-n2cc(-c3ccccn3)c(Br)n2)c(F)c1. The van der Waals surface area contributed by atoms with Gasteiger partial charge >= 0.3 is 0 Å². The normalized spacial score (nSPS) is 10.7. The third-order valence-corrected chi connectivity index (χ3v) is 3.41. The average Bonchev–Trinajstić information content (AvgIpc) is 2.81. The molecule has 3 aromatic rings. The van der Waals surface area contributed by atoms with Gasteiger partial charge in [-0.3, -0.25) is 4.98 Å². The van der Waals surface area contributed by atoms with Crippen LogP contribution in [0.15, 0.2) is 53.4 Å². The largest absolute Gasteiger partial charge is 0.399 e. The van der Waals surface area contributed by atoms with Crippen LogP contribution < -0.4 is 5.73 Å². The van der Waals surface area contributed by atoms with Gasteiger partial charge in [0.25, 0.3) is 0 Å². The maximum absolute atomic E-state index is 13.9. The van der Waals surface area contributed by atoms with E-state index in [0.29, 0.717) is 16.0 Å². The molecular formula is C14H10BrFN4. The van der Waals surface area contributed by atoms with E-state index < -0.39 is 5.82 Å². The number of anilines is 1. The van der Waals surface area contributed by atoms with Crippen LogP contribution >= 0.6 is 15.9 Å². The van der Waals surface area contributed by atoms with Crippen molar-refractivity contribution in [3.05, 3.63) is 59.2 Å². The van der Waals surface area contributed by atoms with Gasteiger partial charge in [-0.15, -0.1) is 0 Å². The molecule has 0 saturated heterocycles. The van der Waals surface area contributed by atoms with Crippen molar-refractivity contribution in [2.45, 2.75) is 0 Å². The number of hydrogen-bond acceptors (Lipinski definition) is 3. The highest BCUT2D eigenvalue weighted by atomic mass is 79.9. The summed E-state index contributed by atoms with van der Waals surface area (Å²) in [6.45, 7) is 0. The number of benzene rings is 1. The number of hydrogen-bond donors (Lipinski definition) is 1. The van der Waals surface area contributed by atoms with Gasteiger partial charge in [-0.05, 0) is 46.3 Å². The van der Waals surface area contributed by atoms with Crippen molar-refractivity contribution in [2.24, 2.45) is 0 Å². The molecule has 0 unspecified atom stereocenters. The summed E-state index contributed by atoms with van der Waals surface area (Å²) in [5, 5.41) is 4.26. The second-order valence-electron chi connectivity index (χ2n) is 4.20. The fourth-order valence-corrected chi connectivity index (χ4v) is 2.36. The summed E-state index contributed by atoms with van der Waals surface area (Å²) in [6, 6.07) is 10.1. The molecule has 0 bridgehead atoms. The molecule has 3 rings (SSSR count). The number of pyridine rings is 1. The van der Waals surface area contributed by atoms with Crippen molar-refractivity contribution < 1.29 is 4.39 Å². The maximum atomic E-state index is 13.9. The van der Waals surface area contributed by atoms with Crippen LogP contribution in [0.5, 0.6) is 0 Å². The summed E-state index contributed by atoms with van der Waals surface area (Å²) >= 11 is 3.37. The van der Waals surface area contributed by atoms with E-state index in [4.69, 9.17) is 5.73 Å². The molecule has 0 atom stereocenters. The lowest BCUT2D eigenvalue weighted by molar-refractivity contribution is 0.611. The van der Waals surface area contributed by atoms with Crippen LogP contribution in [-0.4, -0.2) is 14.8 Å². The second kappa shape index (κ2) is 5.05. The van der Waals surface area contributed by atoms with Crippen LogP contribution in [0.25, 0.3) is 16.9 Å².